The highest BCUT2D eigenvalue weighted by Gasteiger charge is 2.56. The lowest BCUT2D eigenvalue weighted by atomic mass is 9.83. The van der Waals surface area contributed by atoms with Crippen LogP contribution in [0.3, 0.4) is 0 Å². The topological polar surface area (TPSA) is 67.8 Å². The molecule has 2 atom stereocenters. The molecular formula is C26H28N4O3. The predicted octanol–water partition coefficient (Wildman–Crippen LogP) is 2.88. The molecule has 0 bridgehead atoms. The van der Waals surface area contributed by atoms with Crippen LogP contribution in [-0.2, 0) is 22.6 Å². The van der Waals surface area contributed by atoms with E-state index in [1.165, 1.54) is 5.56 Å². The molecule has 170 valence electrons. The maximum Gasteiger partial charge on any atom is 0.257 e. The van der Waals surface area contributed by atoms with E-state index >= 15 is 0 Å². The van der Waals surface area contributed by atoms with Crippen molar-refractivity contribution < 1.29 is 14.3 Å². The lowest BCUT2D eigenvalue weighted by Gasteiger charge is -2.42. The Bertz CT molecular complexity index is 1080. The number of amides is 1. The summed E-state index contributed by atoms with van der Waals surface area (Å²) in [4.78, 5) is 26.7. The van der Waals surface area contributed by atoms with Crippen molar-refractivity contribution in [3.05, 3.63) is 90.0 Å². The minimum Gasteiger partial charge on any atom is -0.497 e. The fraction of sp³-hybridized carbons (Fsp3) is 0.346. The number of carbonyl (C=O) groups is 1. The number of hydrogen-bond donors (Lipinski definition) is 0. The van der Waals surface area contributed by atoms with E-state index in [1.807, 2.05) is 53.7 Å². The van der Waals surface area contributed by atoms with Gasteiger partial charge in [0.25, 0.3) is 5.91 Å². The lowest BCUT2D eigenvalue weighted by Crippen LogP contribution is -2.59. The van der Waals surface area contributed by atoms with Gasteiger partial charge < -0.3 is 14.4 Å². The first-order valence-electron chi connectivity index (χ1n) is 11.3. The Labute approximate surface area is 194 Å². The van der Waals surface area contributed by atoms with Gasteiger partial charge in [0.05, 0.1) is 13.7 Å². The van der Waals surface area contributed by atoms with Crippen LogP contribution in [0.25, 0.3) is 0 Å². The normalized spacial score (nSPS) is 23.2. The van der Waals surface area contributed by atoms with Crippen LogP contribution in [0.4, 0.5) is 0 Å². The van der Waals surface area contributed by atoms with E-state index in [-0.39, 0.29) is 11.8 Å². The first kappa shape index (κ1) is 21.6. The van der Waals surface area contributed by atoms with Crippen molar-refractivity contribution in [3.8, 4) is 5.75 Å². The number of pyridine rings is 2. The third kappa shape index (κ3) is 4.34. The van der Waals surface area contributed by atoms with Gasteiger partial charge in [-0.2, -0.15) is 0 Å². The Morgan fingerprint density at radius 1 is 1.03 bits per heavy atom. The second-order valence-electron chi connectivity index (χ2n) is 8.68. The van der Waals surface area contributed by atoms with E-state index in [0.29, 0.717) is 26.2 Å². The van der Waals surface area contributed by atoms with Gasteiger partial charge in [-0.25, -0.2) is 0 Å². The zero-order valence-electron chi connectivity index (χ0n) is 18.8. The van der Waals surface area contributed by atoms with Crippen LogP contribution in [0.15, 0.2) is 73.3 Å². The molecule has 4 heterocycles. The van der Waals surface area contributed by atoms with Crippen LogP contribution in [0, 0.1) is 0 Å². The largest absolute Gasteiger partial charge is 0.497 e. The van der Waals surface area contributed by atoms with Crippen molar-refractivity contribution in [2.75, 3.05) is 33.4 Å². The number of aromatic nitrogens is 2. The second kappa shape index (κ2) is 9.29. The first-order chi connectivity index (χ1) is 16.2. The summed E-state index contributed by atoms with van der Waals surface area (Å²) in [5, 5.41) is 0. The predicted molar refractivity (Wildman–Crippen MR) is 124 cm³/mol. The molecule has 2 aromatic heterocycles. The van der Waals surface area contributed by atoms with Crippen molar-refractivity contribution in [1.82, 2.24) is 19.8 Å². The Kier molecular flexibility index (Phi) is 6.07. The van der Waals surface area contributed by atoms with Crippen LogP contribution in [0.2, 0.25) is 0 Å². The molecule has 1 amide bonds. The number of benzene rings is 1. The molecule has 0 unspecified atom stereocenters. The molecule has 33 heavy (non-hydrogen) atoms. The van der Waals surface area contributed by atoms with E-state index in [9.17, 15) is 4.79 Å². The van der Waals surface area contributed by atoms with Gasteiger partial charge in [0.1, 0.15) is 5.75 Å². The Balaban J connectivity index is 1.42. The summed E-state index contributed by atoms with van der Waals surface area (Å²) in [7, 11) is 1.67. The van der Waals surface area contributed by atoms with Gasteiger partial charge in [0.15, 0.2) is 5.60 Å². The number of hydrogen-bond acceptors (Lipinski definition) is 6. The summed E-state index contributed by atoms with van der Waals surface area (Å²) in [6, 6.07) is 16.0. The molecule has 2 saturated heterocycles. The number of carbonyl (C=O) groups excluding carboxylic acids is 1. The maximum absolute atomic E-state index is 13.9. The fourth-order valence-electron chi connectivity index (χ4n) is 4.97. The number of ether oxygens (including phenoxy) is 2. The molecular weight excluding hydrogens is 416 g/mol. The van der Waals surface area contributed by atoms with E-state index in [0.717, 1.165) is 30.0 Å². The molecule has 0 aliphatic carbocycles. The van der Waals surface area contributed by atoms with E-state index in [1.54, 1.807) is 19.5 Å². The van der Waals surface area contributed by atoms with Crippen LogP contribution in [0.5, 0.6) is 5.75 Å². The molecule has 2 fully saturated rings. The first-order valence-corrected chi connectivity index (χ1v) is 11.3. The maximum atomic E-state index is 13.9. The highest BCUT2D eigenvalue weighted by atomic mass is 16.5. The van der Waals surface area contributed by atoms with Crippen molar-refractivity contribution in [2.45, 2.75) is 24.6 Å². The van der Waals surface area contributed by atoms with Gasteiger partial charge in [-0.3, -0.25) is 19.7 Å². The molecule has 5 rings (SSSR count). The van der Waals surface area contributed by atoms with Crippen LogP contribution < -0.4 is 4.74 Å². The van der Waals surface area contributed by atoms with Crippen LogP contribution in [-0.4, -0.2) is 64.6 Å². The summed E-state index contributed by atoms with van der Waals surface area (Å²) in [6.45, 7) is 3.63. The SMILES string of the molecule is COc1ccc(CN2C[C@@H](c3cccnc3)[C@@]3(C2)OCCN(Cc2cccnc2)C3=O)cc1. The van der Waals surface area contributed by atoms with Gasteiger partial charge in [-0.05, 0) is 41.0 Å². The van der Waals surface area contributed by atoms with Gasteiger partial charge in [-0.1, -0.05) is 24.3 Å². The summed E-state index contributed by atoms with van der Waals surface area (Å²) in [5.74, 6) is 0.791. The highest BCUT2D eigenvalue weighted by molar-refractivity contribution is 5.88. The molecule has 0 radical (unpaired) electrons. The van der Waals surface area contributed by atoms with Crippen LogP contribution in [0.1, 0.15) is 22.6 Å². The molecule has 0 N–H and O–H groups in total. The number of rotatable bonds is 6. The Hall–Kier alpha value is -3.29. The number of likely N-dealkylation sites (tertiary alicyclic amines) is 1. The molecule has 3 aromatic rings. The Morgan fingerprint density at radius 2 is 1.82 bits per heavy atom. The Morgan fingerprint density at radius 3 is 2.52 bits per heavy atom. The summed E-state index contributed by atoms with van der Waals surface area (Å²) in [6.07, 6.45) is 7.19. The van der Waals surface area contributed by atoms with Gasteiger partial charge in [-0.15, -0.1) is 0 Å². The van der Waals surface area contributed by atoms with E-state index < -0.39 is 5.60 Å². The van der Waals surface area contributed by atoms with E-state index in [2.05, 4.69) is 27.0 Å². The summed E-state index contributed by atoms with van der Waals surface area (Å²) in [5.41, 5.74) is 2.31. The molecule has 1 aromatic carbocycles. The van der Waals surface area contributed by atoms with Crippen LogP contribution >= 0.6 is 0 Å². The summed E-state index contributed by atoms with van der Waals surface area (Å²) < 4.78 is 11.7. The minimum atomic E-state index is -0.921. The zero-order chi connectivity index (χ0) is 22.7. The smallest absolute Gasteiger partial charge is 0.257 e. The number of methoxy groups -OCH3 is 1. The molecule has 1 spiro atoms. The highest BCUT2D eigenvalue weighted by Crippen LogP contribution is 2.42. The fourth-order valence-corrected chi connectivity index (χ4v) is 4.97. The van der Waals surface area contributed by atoms with Crippen molar-refractivity contribution >= 4 is 5.91 Å². The quantitative estimate of drug-likeness (QED) is 0.583. The van der Waals surface area contributed by atoms with Gasteiger partial charge >= 0.3 is 0 Å². The molecule has 2 aliphatic heterocycles. The molecule has 0 saturated carbocycles. The molecule has 7 nitrogen and oxygen atoms in total. The average molecular weight is 445 g/mol. The standard InChI is InChI=1S/C26H28N4O3/c1-32-23-8-6-20(7-9-23)16-29-18-24(22-5-3-11-28-15-22)26(19-29)25(31)30(12-13-33-26)17-21-4-2-10-27-14-21/h2-11,14-15,24H,12-13,16-19H2,1H3/t24-,26+/m0/s1. The zero-order valence-corrected chi connectivity index (χ0v) is 18.8. The lowest BCUT2D eigenvalue weighted by molar-refractivity contribution is -0.173. The monoisotopic (exact) mass is 444 g/mol. The average Bonchev–Trinajstić information content (AvgIpc) is 3.22. The van der Waals surface area contributed by atoms with Crippen molar-refractivity contribution in [3.63, 3.8) is 0 Å². The number of nitrogens with zero attached hydrogens (tertiary/aromatic N) is 4. The van der Waals surface area contributed by atoms with Gasteiger partial charge in [0.2, 0.25) is 0 Å². The second-order valence-corrected chi connectivity index (χ2v) is 8.68. The summed E-state index contributed by atoms with van der Waals surface area (Å²) >= 11 is 0. The van der Waals surface area contributed by atoms with Crippen molar-refractivity contribution in [2.24, 2.45) is 0 Å². The molecule has 2 aliphatic rings. The third-order valence-corrected chi connectivity index (χ3v) is 6.58. The van der Waals surface area contributed by atoms with E-state index in [4.69, 9.17) is 9.47 Å². The molecule has 7 heteroatoms. The van der Waals surface area contributed by atoms with Gasteiger partial charge in [0, 0.05) is 63.4 Å². The van der Waals surface area contributed by atoms with Crippen molar-refractivity contribution in [1.29, 1.82) is 0 Å². The third-order valence-electron chi connectivity index (χ3n) is 6.58. The number of morpholine rings is 1. The minimum absolute atomic E-state index is 0.0451.